The second-order valence-electron chi connectivity index (χ2n) is 6.80. The van der Waals surface area contributed by atoms with Crippen LogP contribution in [0.3, 0.4) is 0 Å². The maximum Gasteiger partial charge on any atom is -0.0388 e. The highest BCUT2D eigenvalue weighted by Crippen LogP contribution is 2.36. The second kappa shape index (κ2) is 7.44. The van der Waals surface area contributed by atoms with Gasteiger partial charge >= 0.3 is 0 Å². The van der Waals surface area contributed by atoms with Crippen LogP contribution in [0.2, 0.25) is 0 Å². The van der Waals surface area contributed by atoms with Gasteiger partial charge in [-0.05, 0) is 42.4 Å². The summed E-state index contributed by atoms with van der Waals surface area (Å²) < 4.78 is 0. The van der Waals surface area contributed by atoms with Gasteiger partial charge in [0, 0.05) is 0 Å². The highest BCUT2D eigenvalue weighted by Gasteiger charge is 2.25. The molecule has 0 radical (unpaired) electrons. The van der Waals surface area contributed by atoms with Crippen molar-refractivity contribution in [1.82, 2.24) is 0 Å². The molecule has 0 heteroatoms. The van der Waals surface area contributed by atoms with Crippen molar-refractivity contribution in [3.05, 3.63) is 0 Å². The van der Waals surface area contributed by atoms with E-state index in [4.69, 9.17) is 0 Å². The van der Waals surface area contributed by atoms with E-state index in [2.05, 4.69) is 34.6 Å². The third kappa shape index (κ3) is 4.64. The van der Waals surface area contributed by atoms with Crippen molar-refractivity contribution in [2.75, 3.05) is 0 Å². The van der Waals surface area contributed by atoms with Crippen LogP contribution in [0.25, 0.3) is 0 Å². The van der Waals surface area contributed by atoms with Crippen LogP contribution in [0.4, 0.5) is 0 Å². The van der Waals surface area contributed by atoms with Crippen LogP contribution >= 0.6 is 0 Å². The zero-order valence-corrected chi connectivity index (χ0v) is 12.8. The first kappa shape index (κ1) is 15.1. The fourth-order valence-electron chi connectivity index (χ4n) is 3.93. The van der Waals surface area contributed by atoms with Crippen molar-refractivity contribution < 1.29 is 0 Å². The first-order valence-corrected chi connectivity index (χ1v) is 8.08. The Balaban J connectivity index is 2.67. The highest BCUT2D eigenvalue weighted by atomic mass is 14.3. The van der Waals surface area contributed by atoms with Crippen LogP contribution in [-0.2, 0) is 0 Å². The topological polar surface area (TPSA) is 0 Å². The molecule has 1 fully saturated rings. The molecule has 0 nitrogen and oxygen atoms in total. The molecule has 1 aliphatic carbocycles. The summed E-state index contributed by atoms with van der Waals surface area (Å²) in [5.41, 5.74) is 0. The normalized spacial score (nSPS) is 41.1. The average molecular weight is 238 g/mol. The van der Waals surface area contributed by atoms with Gasteiger partial charge in [-0.25, -0.2) is 0 Å². The van der Waals surface area contributed by atoms with Gasteiger partial charge in [0.25, 0.3) is 0 Å². The zero-order chi connectivity index (χ0) is 12.8. The molecule has 5 atom stereocenters. The zero-order valence-electron chi connectivity index (χ0n) is 12.8. The van der Waals surface area contributed by atoms with E-state index < -0.39 is 0 Å². The summed E-state index contributed by atoms with van der Waals surface area (Å²) in [5, 5.41) is 0. The molecule has 0 aromatic rings. The van der Waals surface area contributed by atoms with Crippen LogP contribution in [0.5, 0.6) is 0 Å². The quantitative estimate of drug-likeness (QED) is 0.561. The number of hydrogen-bond acceptors (Lipinski definition) is 0. The fourth-order valence-corrected chi connectivity index (χ4v) is 3.93. The van der Waals surface area contributed by atoms with Gasteiger partial charge in [-0.1, -0.05) is 66.7 Å². The van der Waals surface area contributed by atoms with Crippen LogP contribution < -0.4 is 0 Å². The van der Waals surface area contributed by atoms with Gasteiger partial charge in [-0.15, -0.1) is 0 Å². The van der Waals surface area contributed by atoms with Crippen molar-refractivity contribution in [1.29, 1.82) is 0 Å². The van der Waals surface area contributed by atoms with Gasteiger partial charge in [0.05, 0.1) is 0 Å². The van der Waals surface area contributed by atoms with E-state index in [1.165, 1.54) is 44.9 Å². The van der Waals surface area contributed by atoms with E-state index in [-0.39, 0.29) is 0 Å². The van der Waals surface area contributed by atoms with Gasteiger partial charge < -0.3 is 0 Å². The third-order valence-corrected chi connectivity index (χ3v) is 5.39. The maximum absolute atomic E-state index is 2.51. The van der Waals surface area contributed by atoms with Gasteiger partial charge in [0.1, 0.15) is 0 Å². The monoisotopic (exact) mass is 238 g/mol. The molecular formula is C17H34. The second-order valence-corrected chi connectivity index (χ2v) is 6.80. The lowest BCUT2D eigenvalue weighted by Crippen LogP contribution is -2.22. The molecular weight excluding hydrogens is 204 g/mol. The van der Waals surface area contributed by atoms with E-state index in [1.807, 2.05) is 0 Å². The predicted molar refractivity (Wildman–Crippen MR) is 78.1 cm³/mol. The summed E-state index contributed by atoms with van der Waals surface area (Å²) in [5.74, 6) is 4.79. The molecule has 0 aliphatic heterocycles. The van der Waals surface area contributed by atoms with Crippen molar-refractivity contribution in [2.24, 2.45) is 29.6 Å². The van der Waals surface area contributed by atoms with Gasteiger partial charge in [-0.2, -0.15) is 0 Å². The molecule has 1 aliphatic rings. The largest absolute Gasteiger partial charge is 0.0651 e. The summed E-state index contributed by atoms with van der Waals surface area (Å²) in [6.45, 7) is 12.3. The molecule has 17 heavy (non-hydrogen) atoms. The molecule has 0 aromatic heterocycles. The van der Waals surface area contributed by atoms with E-state index in [1.54, 1.807) is 0 Å². The lowest BCUT2D eigenvalue weighted by molar-refractivity contribution is 0.179. The molecule has 1 saturated carbocycles. The van der Waals surface area contributed by atoms with Crippen LogP contribution in [0, 0.1) is 29.6 Å². The number of rotatable bonds is 2. The molecule has 0 heterocycles. The molecule has 0 bridgehead atoms. The Morgan fingerprint density at radius 2 is 1.35 bits per heavy atom. The first-order chi connectivity index (χ1) is 8.08. The Kier molecular flexibility index (Phi) is 6.59. The van der Waals surface area contributed by atoms with Crippen molar-refractivity contribution in [3.63, 3.8) is 0 Å². The van der Waals surface area contributed by atoms with E-state index in [0.29, 0.717) is 0 Å². The number of hydrogen-bond donors (Lipinski definition) is 0. The highest BCUT2D eigenvalue weighted by molar-refractivity contribution is 4.76. The molecule has 5 unspecified atom stereocenters. The molecule has 0 aromatic carbocycles. The Morgan fingerprint density at radius 1 is 0.765 bits per heavy atom. The SMILES string of the molecule is CCC1CC(C)CCCC(C)C(CC)CC1C. The summed E-state index contributed by atoms with van der Waals surface area (Å²) in [6.07, 6.45) is 10.1. The Bertz CT molecular complexity index is 196. The van der Waals surface area contributed by atoms with Crippen LogP contribution in [0.15, 0.2) is 0 Å². The standard InChI is InChI=1S/C17H34/c1-6-16-11-13(3)9-8-10-14(4)17(7-2)12-15(16)5/h13-17H,6-12H2,1-5H3. The Hall–Kier alpha value is 0. The van der Waals surface area contributed by atoms with E-state index in [9.17, 15) is 0 Å². The van der Waals surface area contributed by atoms with E-state index in [0.717, 1.165) is 29.6 Å². The van der Waals surface area contributed by atoms with Crippen molar-refractivity contribution in [2.45, 2.75) is 79.6 Å². The van der Waals surface area contributed by atoms with Crippen molar-refractivity contribution >= 4 is 0 Å². The van der Waals surface area contributed by atoms with E-state index >= 15 is 0 Å². The fraction of sp³-hybridized carbons (Fsp3) is 1.00. The lowest BCUT2D eigenvalue weighted by Gasteiger charge is -2.33. The molecule has 102 valence electrons. The minimum atomic E-state index is 0.938. The smallest absolute Gasteiger partial charge is 0.0388 e. The van der Waals surface area contributed by atoms with Gasteiger partial charge in [0.15, 0.2) is 0 Å². The minimum absolute atomic E-state index is 0.938. The summed E-state index contributed by atoms with van der Waals surface area (Å²) >= 11 is 0. The minimum Gasteiger partial charge on any atom is -0.0651 e. The Morgan fingerprint density at radius 3 is 1.94 bits per heavy atom. The summed E-state index contributed by atoms with van der Waals surface area (Å²) in [6, 6.07) is 0. The lowest BCUT2D eigenvalue weighted by atomic mass is 9.73. The summed E-state index contributed by atoms with van der Waals surface area (Å²) in [7, 11) is 0. The predicted octanol–water partition coefficient (Wildman–Crippen LogP) is 5.91. The molecule has 0 amide bonds. The average Bonchev–Trinajstić information content (AvgIpc) is 2.31. The molecule has 1 rings (SSSR count). The van der Waals surface area contributed by atoms with Gasteiger partial charge in [0.2, 0.25) is 0 Å². The third-order valence-electron chi connectivity index (χ3n) is 5.39. The maximum atomic E-state index is 2.51. The molecule has 0 spiro atoms. The first-order valence-electron chi connectivity index (χ1n) is 8.08. The molecule has 0 saturated heterocycles. The van der Waals surface area contributed by atoms with Crippen molar-refractivity contribution in [3.8, 4) is 0 Å². The Labute approximate surface area is 110 Å². The van der Waals surface area contributed by atoms with Gasteiger partial charge in [-0.3, -0.25) is 0 Å². The van der Waals surface area contributed by atoms with Crippen LogP contribution in [0.1, 0.15) is 79.6 Å². The summed E-state index contributed by atoms with van der Waals surface area (Å²) in [4.78, 5) is 0. The van der Waals surface area contributed by atoms with Crippen LogP contribution in [-0.4, -0.2) is 0 Å². The molecule has 0 N–H and O–H groups in total.